The van der Waals surface area contributed by atoms with Gasteiger partial charge in [0.25, 0.3) is 5.56 Å². The molecular weight excluding hydrogens is 388 g/mol. The summed E-state index contributed by atoms with van der Waals surface area (Å²) in [6, 6.07) is 5.63. The second kappa shape index (κ2) is 8.41. The number of benzene rings is 1. The highest BCUT2D eigenvalue weighted by molar-refractivity contribution is 7.71. The van der Waals surface area contributed by atoms with Crippen LogP contribution in [0.3, 0.4) is 0 Å². The van der Waals surface area contributed by atoms with E-state index in [1.807, 2.05) is 23.1 Å². The Hall–Kier alpha value is -2.61. The summed E-state index contributed by atoms with van der Waals surface area (Å²) in [5.41, 5.74) is 1.92. The molecule has 2 N–H and O–H groups in total. The van der Waals surface area contributed by atoms with Crippen LogP contribution in [0.1, 0.15) is 38.5 Å². The predicted molar refractivity (Wildman–Crippen MR) is 116 cm³/mol. The Labute approximate surface area is 173 Å². The summed E-state index contributed by atoms with van der Waals surface area (Å²) in [4.78, 5) is 33.6. The number of ether oxygens (including phenoxy) is 1. The van der Waals surface area contributed by atoms with E-state index in [2.05, 4.69) is 9.97 Å². The molecular formula is C21H26N4O3S. The van der Waals surface area contributed by atoms with Gasteiger partial charge in [-0.1, -0.05) is 0 Å². The van der Waals surface area contributed by atoms with Crippen molar-refractivity contribution < 1.29 is 9.53 Å². The zero-order valence-electron chi connectivity index (χ0n) is 16.6. The third kappa shape index (κ3) is 3.94. The van der Waals surface area contributed by atoms with Crippen LogP contribution in [0.25, 0.3) is 21.9 Å². The van der Waals surface area contributed by atoms with Crippen molar-refractivity contribution >= 4 is 40.1 Å². The van der Waals surface area contributed by atoms with Gasteiger partial charge < -0.3 is 19.6 Å². The minimum Gasteiger partial charge on any atom is -0.497 e. The van der Waals surface area contributed by atoms with E-state index in [-0.39, 0.29) is 11.5 Å². The number of piperidine rings is 1. The first-order valence-corrected chi connectivity index (χ1v) is 10.6. The van der Waals surface area contributed by atoms with Crippen LogP contribution in [0.4, 0.5) is 0 Å². The fourth-order valence-corrected chi connectivity index (χ4v) is 4.32. The number of amides is 1. The van der Waals surface area contributed by atoms with E-state index in [0.29, 0.717) is 28.8 Å². The van der Waals surface area contributed by atoms with Crippen molar-refractivity contribution in [2.75, 3.05) is 20.2 Å². The Balaban J connectivity index is 1.49. The van der Waals surface area contributed by atoms with Crippen molar-refractivity contribution in [2.45, 2.75) is 45.1 Å². The Morgan fingerprint density at radius 2 is 1.93 bits per heavy atom. The Morgan fingerprint density at radius 3 is 2.69 bits per heavy atom. The van der Waals surface area contributed by atoms with Crippen molar-refractivity contribution in [1.29, 1.82) is 0 Å². The molecule has 1 aromatic carbocycles. The van der Waals surface area contributed by atoms with Gasteiger partial charge in [0.2, 0.25) is 5.91 Å². The van der Waals surface area contributed by atoms with Crippen LogP contribution in [0.5, 0.6) is 5.75 Å². The van der Waals surface area contributed by atoms with Crippen LogP contribution in [0.2, 0.25) is 0 Å². The zero-order valence-corrected chi connectivity index (χ0v) is 17.4. The molecule has 4 rings (SSSR count). The van der Waals surface area contributed by atoms with Crippen LogP contribution in [0.15, 0.2) is 23.0 Å². The molecule has 0 spiro atoms. The number of rotatable bonds is 6. The lowest BCUT2D eigenvalue weighted by atomic mass is 10.1. The second-order valence-electron chi connectivity index (χ2n) is 7.57. The molecule has 0 unspecified atom stereocenters. The first kappa shape index (κ1) is 19.7. The van der Waals surface area contributed by atoms with E-state index >= 15 is 0 Å². The molecule has 1 fully saturated rings. The quantitative estimate of drug-likeness (QED) is 0.476. The minimum absolute atomic E-state index is 0.138. The van der Waals surface area contributed by atoms with Gasteiger partial charge in [0, 0.05) is 37.0 Å². The van der Waals surface area contributed by atoms with Gasteiger partial charge >= 0.3 is 0 Å². The molecule has 0 radical (unpaired) electrons. The van der Waals surface area contributed by atoms with E-state index in [1.165, 1.54) is 6.42 Å². The number of carbonyl (C=O) groups excluding carboxylic acids is 1. The van der Waals surface area contributed by atoms with Crippen LogP contribution >= 0.6 is 12.2 Å². The number of aromatic nitrogens is 3. The number of aromatic amines is 2. The maximum absolute atomic E-state index is 13.0. The third-order valence-electron chi connectivity index (χ3n) is 5.67. The number of likely N-dealkylation sites (tertiary alicyclic amines) is 1. The molecule has 0 atom stereocenters. The summed E-state index contributed by atoms with van der Waals surface area (Å²) in [6.45, 7) is 2.26. The number of fused-ring (bicyclic) bond motifs is 3. The van der Waals surface area contributed by atoms with Gasteiger partial charge in [0.1, 0.15) is 11.3 Å². The highest BCUT2D eigenvalue weighted by atomic mass is 32.1. The number of nitrogens with zero attached hydrogens (tertiary/aromatic N) is 2. The van der Waals surface area contributed by atoms with E-state index < -0.39 is 0 Å². The molecule has 0 aliphatic carbocycles. The molecule has 0 bridgehead atoms. The largest absolute Gasteiger partial charge is 0.497 e. The van der Waals surface area contributed by atoms with Gasteiger partial charge in [-0.05, 0) is 62.5 Å². The maximum Gasteiger partial charge on any atom is 0.278 e. The predicted octanol–water partition coefficient (Wildman–Crippen LogP) is 3.73. The first-order chi connectivity index (χ1) is 14.1. The summed E-state index contributed by atoms with van der Waals surface area (Å²) >= 11 is 5.45. The standard InChI is InChI=1S/C21H26N4O3S/c1-28-14-8-9-16-15(13-14)18-19(22-16)20(27)25(21(29)23-18)12-6-3-7-17(26)24-10-4-2-5-11-24/h8-9,13,22H,2-7,10-12H2,1H3,(H,23,29). The monoisotopic (exact) mass is 414 g/mol. The minimum atomic E-state index is -0.138. The molecule has 0 saturated carbocycles. The number of hydrogen-bond acceptors (Lipinski definition) is 4. The van der Waals surface area contributed by atoms with E-state index in [0.717, 1.165) is 55.4 Å². The Bertz CT molecular complexity index is 1150. The van der Waals surface area contributed by atoms with Crippen LogP contribution in [-0.2, 0) is 11.3 Å². The molecule has 3 heterocycles. The smallest absolute Gasteiger partial charge is 0.278 e. The van der Waals surface area contributed by atoms with Crippen LogP contribution < -0.4 is 10.3 Å². The highest BCUT2D eigenvalue weighted by Crippen LogP contribution is 2.25. The van der Waals surface area contributed by atoms with Crippen molar-refractivity contribution in [3.63, 3.8) is 0 Å². The fraction of sp³-hybridized carbons (Fsp3) is 0.476. The number of hydrogen-bond donors (Lipinski definition) is 2. The Morgan fingerprint density at radius 1 is 1.14 bits per heavy atom. The number of methoxy groups -OCH3 is 1. The summed E-state index contributed by atoms with van der Waals surface area (Å²) in [5.74, 6) is 0.947. The molecule has 154 valence electrons. The average molecular weight is 415 g/mol. The molecule has 7 nitrogen and oxygen atoms in total. The lowest BCUT2D eigenvalue weighted by Gasteiger charge is -2.26. The van der Waals surface area contributed by atoms with E-state index in [9.17, 15) is 9.59 Å². The van der Waals surface area contributed by atoms with E-state index in [4.69, 9.17) is 17.0 Å². The number of nitrogens with one attached hydrogen (secondary N) is 2. The van der Waals surface area contributed by atoms with Crippen molar-refractivity contribution in [2.24, 2.45) is 0 Å². The molecule has 1 saturated heterocycles. The molecule has 1 amide bonds. The second-order valence-corrected chi connectivity index (χ2v) is 7.96. The fourth-order valence-electron chi connectivity index (χ4n) is 4.04. The molecule has 8 heteroatoms. The van der Waals surface area contributed by atoms with Crippen molar-refractivity contribution in [1.82, 2.24) is 19.4 Å². The summed E-state index contributed by atoms with van der Waals surface area (Å²) in [6.07, 6.45) is 5.43. The van der Waals surface area contributed by atoms with Crippen LogP contribution in [-0.4, -0.2) is 45.5 Å². The van der Waals surface area contributed by atoms with E-state index in [1.54, 1.807) is 11.7 Å². The van der Waals surface area contributed by atoms with Gasteiger partial charge in [-0.25, -0.2) is 0 Å². The zero-order chi connectivity index (χ0) is 20.4. The summed E-state index contributed by atoms with van der Waals surface area (Å²) < 4.78 is 7.26. The van der Waals surface area contributed by atoms with Crippen molar-refractivity contribution in [3.8, 4) is 5.75 Å². The molecule has 3 aromatic rings. The first-order valence-electron chi connectivity index (χ1n) is 10.2. The lowest BCUT2D eigenvalue weighted by Crippen LogP contribution is -2.35. The maximum atomic E-state index is 13.0. The summed E-state index contributed by atoms with van der Waals surface area (Å²) in [7, 11) is 1.61. The molecule has 29 heavy (non-hydrogen) atoms. The van der Waals surface area contributed by atoms with Gasteiger partial charge in [0.05, 0.1) is 12.6 Å². The van der Waals surface area contributed by atoms with Crippen molar-refractivity contribution in [3.05, 3.63) is 33.3 Å². The lowest BCUT2D eigenvalue weighted by molar-refractivity contribution is -0.132. The molecule has 1 aliphatic rings. The van der Waals surface area contributed by atoms with Gasteiger partial charge in [-0.3, -0.25) is 14.2 Å². The number of H-pyrrole nitrogens is 2. The molecule has 1 aliphatic heterocycles. The SMILES string of the molecule is COc1ccc2[nH]c3c(=O)n(CCCCC(=O)N4CCCCC4)c(=S)[nH]c3c2c1. The summed E-state index contributed by atoms with van der Waals surface area (Å²) in [5, 5.41) is 0.877. The number of unbranched alkanes of at least 4 members (excludes halogenated alkanes) is 1. The average Bonchev–Trinajstić information content (AvgIpc) is 3.11. The Kier molecular flexibility index (Phi) is 5.71. The highest BCUT2D eigenvalue weighted by Gasteiger charge is 2.16. The number of carbonyl (C=O) groups is 1. The third-order valence-corrected chi connectivity index (χ3v) is 6.00. The van der Waals surface area contributed by atoms with Gasteiger partial charge in [-0.15, -0.1) is 0 Å². The van der Waals surface area contributed by atoms with Gasteiger partial charge in [0.15, 0.2) is 4.77 Å². The van der Waals surface area contributed by atoms with Crippen LogP contribution in [0, 0.1) is 4.77 Å². The normalized spacial score (nSPS) is 14.6. The molecule has 2 aromatic heterocycles. The topological polar surface area (TPSA) is 83.1 Å². The van der Waals surface area contributed by atoms with Gasteiger partial charge in [-0.2, -0.15) is 0 Å².